The Kier molecular flexibility index (Phi) is 6.40. The van der Waals surface area contributed by atoms with Crippen molar-refractivity contribution >= 4 is 17.6 Å². The summed E-state index contributed by atoms with van der Waals surface area (Å²) in [5.74, 6) is 1.84. The van der Waals surface area contributed by atoms with Crippen molar-refractivity contribution in [3.8, 4) is 0 Å². The number of nitrogens with zero attached hydrogens (tertiary/aromatic N) is 5. The topological polar surface area (TPSA) is 69.6 Å². The lowest BCUT2D eigenvalue weighted by molar-refractivity contribution is -0.132. The first-order valence-electron chi connectivity index (χ1n) is 12.3. The molecule has 7 nitrogen and oxygen atoms in total. The number of anilines is 1. The maximum absolute atomic E-state index is 12.9. The molecule has 0 aliphatic carbocycles. The molecular formula is C26H33N5O2. The van der Waals surface area contributed by atoms with Crippen molar-refractivity contribution in [2.24, 2.45) is 0 Å². The molecule has 1 aromatic carbocycles. The molecule has 0 N–H and O–H groups in total. The lowest BCUT2D eigenvalue weighted by Gasteiger charge is -2.36. The molecule has 1 atom stereocenters. The molecular weight excluding hydrogens is 414 g/mol. The minimum absolute atomic E-state index is 0.0184. The third-order valence-corrected chi connectivity index (χ3v) is 7.25. The van der Waals surface area contributed by atoms with Crippen molar-refractivity contribution in [3.63, 3.8) is 0 Å². The number of aromatic nitrogens is 2. The molecule has 3 aliphatic rings. The Morgan fingerprint density at radius 3 is 2.55 bits per heavy atom. The van der Waals surface area contributed by atoms with E-state index in [2.05, 4.69) is 4.90 Å². The molecule has 0 saturated carbocycles. The highest BCUT2D eigenvalue weighted by Gasteiger charge is 2.33. The van der Waals surface area contributed by atoms with E-state index in [9.17, 15) is 9.59 Å². The van der Waals surface area contributed by atoms with Gasteiger partial charge in [0.05, 0.1) is 19.1 Å². The molecule has 2 amide bonds. The standard InChI is InChI=1S/C26H33N5O2/c1-19-21-12-13-23(32)31(17-20-9-3-2-4-10-20)26(21)28-25(27-19)22-11-5-6-16-30(22)18-24(33)29-14-7-8-15-29/h2-4,9-10,22H,5-8,11-18H2,1H3/t22-/m0/s1. The van der Waals surface area contributed by atoms with E-state index in [0.717, 1.165) is 80.2 Å². The molecule has 174 valence electrons. The van der Waals surface area contributed by atoms with Gasteiger partial charge in [0, 0.05) is 30.8 Å². The lowest BCUT2D eigenvalue weighted by atomic mass is 9.99. The van der Waals surface area contributed by atoms with E-state index in [1.54, 1.807) is 0 Å². The van der Waals surface area contributed by atoms with Gasteiger partial charge in [-0.3, -0.25) is 19.4 Å². The van der Waals surface area contributed by atoms with E-state index >= 15 is 0 Å². The number of carbonyl (C=O) groups excluding carboxylic acids is 2. The van der Waals surface area contributed by atoms with Gasteiger partial charge in [0.25, 0.3) is 0 Å². The molecule has 2 aromatic rings. The van der Waals surface area contributed by atoms with Crippen LogP contribution in [0, 0.1) is 6.92 Å². The quantitative estimate of drug-likeness (QED) is 0.703. The average molecular weight is 448 g/mol. The summed E-state index contributed by atoms with van der Waals surface area (Å²) in [6.07, 6.45) is 6.52. The molecule has 2 fully saturated rings. The van der Waals surface area contributed by atoms with Gasteiger partial charge >= 0.3 is 0 Å². The minimum Gasteiger partial charge on any atom is -0.342 e. The van der Waals surface area contributed by atoms with Gasteiger partial charge in [-0.1, -0.05) is 36.8 Å². The third kappa shape index (κ3) is 4.64. The molecule has 0 spiro atoms. The Hall–Kier alpha value is -2.80. The van der Waals surface area contributed by atoms with Crippen LogP contribution in [0.1, 0.15) is 67.2 Å². The number of likely N-dealkylation sites (tertiary alicyclic amines) is 2. The first-order valence-corrected chi connectivity index (χ1v) is 12.3. The van der Waals surface area contributed by atoms with Crippen LogP contribution >= 0.6 is 0 Å². The van der Waals surface area contributed by atoms with Crippen molar-refractivity contribution in [2.45, 2.75) is 64.5 Å². The van der Waals surface area contributed by atoms with Crippen LogP contribution in [0.2, 0.25) is 0 Å². The van der Waals surface area contributed by atoms with Crippen LogP contribution in [-0.4, -0.2) is 57.8 Å². The van der Waals surface area contributed by atoms with Gasteiger partial charge in [-0.25, -0.2) is 9.97 Å². The number of piperidine rings is 1. The number of amides is 2. The highest BCUT2D eigenvalue weighted by atomic mass is 16.2. The Bertz CT molecular complexity index is 1020. The Balaban J connectivity index is 1.43. The second kappa shape index (κ2) is 9.59. The number of benzene rings is 1. The number of aryl methyl sites for hydroxylation is 1. The number of rotatable bonds is 5. The smallest absolute Gasteiger partial charge is 0.236 e. The summed E-state index contributed by atoms with van der Waals surface area (Å²) in [6, 6.07) is 10.1. The van der Waals surface area contributed by atoms with Gasteiger partial charge in [0.1, 0.15) is 11.6 Å². The van der Waals surface area contributed by atoms with Crippen LogP contribution in [0.5, 0.6) is 0 Å². The first-order chi connectivity index (χ1) is 16.1. The van der Waals surface area contributed by atoms with Crippen molar-refractivity contribution in [2.75, 3.05) is 31.1 Å². The maximum atomic E-state index is 12.9. The van der Waals surface area contributed by atoms with Gasteiger partial charge in [-0.2, -0.15) is 0 Å². The highest BCUT2D eigenvalue weighted by Crippen LogP contribution is 2.34. The van der Waals surface area contributed by atoms with E-state index < -0.39 is 0 Å². The molecule has 3 aliphatic heterocycles. The second-order valence-corrected chi connectivity index (χ2v) is 9.50. The van der Waals surface area contributed by atoms with E-state index in [-0.39, 0.29) is 17.9 Å². The molecule has 1 aromatic heterocycles. The molecule has 0 unspecified atom stereocenters. The number of hydrogen-bond acceptors (Lipinski definition) is 5. The second-order valence-electron chi connectivity index (χ2n) is 9.50. The number of hydrogen-bond donors (Lipinski definition) is 0. The maximum Gasteiger partial charge on any atom is 0.236 e. The zero-order valence-corrected chi connectivity index (χ0v) is 19.5. The van der Waals surface area contributed by atoms with Crippen molar-refractivity contribution in [3.05, 3.63) is 53.0 Å². The monoisotopic (exact) mass is 447 g/mol. The Morgan fingerprint density at radius 2 is 1.76 bits per heavy atom. The lowest BCUT2D eigenvalue weighted by Crippen LogP contribution is -2.43. The van der Waals surface area contributed by atoms with E-state index in [1.165, 1.54) is 0 Å². The van der Waals surface area contributed by atoms with Crippen LogP contribution in [0.3, 0.4) is 0 Å². The summed E-state index contributed by atoms with van der Waals surface area (Å²) in [5.41, 5.74) is 3.12. The fraction of sp³-hybridized carbons (Fsp3) is 0.538. The molecule has 7 heteroatoms. The molecule has 33 heavy (non-hydrogen) atoms. The largest absolute Gasteiger partial charge is 0.342 e. The molecule has 4 heterocycles. The molecule has 2 saturated heterocycles. The summed E-state index contributed by atoms with van der Waals surface area (Å²) in [4.78, 5) is 41.8. The minimum atomic E-state index is 0.0184. The van der Waals surface area contributed by atoms with E-state index in [4.69, 9.17) is 9.97 Å². The normalized spacial score (nSPS) is 21.4. The van der Waals surface area contributed by atoms with Crippen LogP contribution in [-0.2, 0) is 22.6 Å². The van der Waals surface area contributed by atoms with Crippen molar-refractivity contribution < 1.29 is 9.59 Å². The summed E-state index contributed by atoms with van der Waals surface area (Å²) < 4.78 is 0. The van der Waals surface area contributed by atoms with Crippen LogP contribution < -0.4 is 4.90 Å². The van der Waals surface area contributed by atoms with Gasteiger partial charge in [0.2, 0.25) is 11.8 Å². The fourth-order valence-electron chi connectivity index (χ4n) is 5.39. The summed E-state index contributed by atoms with van der Waals surface area (Å²) in [5, 5.41) is 0. The molecule has 0 radical (unpaired) electrons. The number of fused-ring (bicyclic) bond motifs is 1. The van der Waals surface area contributed by atoms with E-state index in [0.29, 0.717) is 25.9 Å². The van der Waals surface area contributed by atoms with Gasteiger partial charge in [0.15, 0.2) is 0 Å². The number of carbonyl (C=O) groups is 2. The van der Waals surface area contributed by atoms with Crippen LogP contribution in [0.4, 0.5) is 5.82 Å². The Morgan fingerprint density at radius 1 is 1.00 bits per heavy atom. The zero-order valence-electron chi connectivity index (χ0n) is 19.5. The van der Waals surface area contributed by atoms with Crippen LogP contribution in [0.25, 0.3) is 0 Å². The van der Waals surface area contributed by atoms with Crippen LogP contribution in [0.15, 0.2) is 30.3 Å². The fourth-order valence-corrected chi connectivity index (χ4v) is 5.39. The van der Waals surface area contributed by atoms with Gasteiger partial charge in [-0.05, 0) is 51.1 Å². The SMILES string of the molecule is Cc1nc([C@@H]2CCCCN2CC(=O)N2CCCC2)nc2c1CCC(=O)N2Cc1ccccc1. The Labute approximate surface area is 195 Å². The van der Waals surface area contributed by atoms with Crippen molar-refractivity contribution in [1.29, 1.82) is 0 Å². The van der Waals surface area contributed by atoms with Crippen molar-refractivity contribution in [1.82, 2.24) is 19.8 Å². The third-order valence-electron chi connectivity index (χ3n) is 7.25. The first kappa shape index (κ1) is 22.0. The predicted octanol–water partition coefficient (Wildman–Crippen LogP) is 3.41. The summed E-state index contributed by atoms with van der Waals surface area (Å²) in [6.45, 7) is 5.62. The van der Waals surface area contributed by atoms with Gasteiger partial charge in [-0.15, -0.1) is 0 Å². The zero-order chi connectivity index (χ0) is 22.8. The molecule has 0 bridgehead atoms. The molecule has 5 rings (SSSR count). The average Bonchev–Trinajstić information content (AvgIpc) is 3.37. The summed E-state index contributed by atoms with van der Waals surface area (Å²) >= 11 is 0. The highest BCUT2D eigenvalue weighted by molar-refractivity contribution is 5.95. The summed E-state index contributed by atoms with van der Waals surface area (Å²) in [7, 11) is 0. The van der Waals surface area contributed by atoms with E-state index in [1.807, 2.05) is 47.1 Å². The predicted molar refractivity (Wildman–Crippen MR) is 127 cm³/mol. The van der Waals surface area contributed by atoms with Gasteiger partial charge < -0.3 is 4.90 Å².